The predicted octanol–water partition coefficient (Wildman–Crippen LogP) is 3.15. The SMILES string of the molecule is CC1c2[cH-]ccc2[C@H](C)[C@H]2OC(C)(C)OC12. The van der Waals surface area contributed by atoms with E-state index >= 15 is 0 Å². The molecule has 1 saturated heterocycles. The second-order valence-electron chi connectivity index (χ2n) is 5.58. The summed E-state index contributed by atoms with van der Waals surface area (Å²) in [5.74, 6) is 0.447. The van der Waals surface area contributed by atoms with Crippen LogP contribution in [0.15, 0.2) is 18.2 Å². The zero-order chi connectivity index (χ0) is 11.5. The standard InChI is InChI=1S/C14H19O2/c1-8-10-6-5-7-11(10)9(2)13-12(8)15-14(3,4)16-13/h5-9,12-13H,1-4H3/q-1/t8-,9?,12+,13?/m0/s1. The molecule has 2 aliphatic rings. The molecule has 1 aliphatic carbocycles. The molecule has 0 radical (unpaired) electrons. The van der Waals surface area contributed by atoms with Crippen LogP contribution in [0.1, 0.15) is 50.7 Å². The van der Waals surface area contributed by atoms with Gasteiger partial charge in [-0.3, -0.25) is 0 Å². The summed E-state index contributed by atoms with van der Waals surface area (Å²) >= 11 is 0. The van der Waals surface area contributed by atoms with Crippen LogP contribution in [-0.4, -0.2) is 18.0 Å². The molecule has 0 bridgehead atoms. The first-order valence-corrected chi connectivity index (χ1v) is 6.11. The summed E-state index contributed by atoms with van der Waals surface area (Å²) < 4.78 is 12.1. The van der Waals surface area contributed by atoms with Crippen molar-refractivity contribution < 1.29 is 9.47 Å². The molecule has 1 fully saturated rings. The van der Waals surface area contributed by atoms with Gasteiger partial charge in [0.15, 0.2) is 5.79 Å². The predicted molar refractivity (Wildman–Crippen MR) is 62.7 cm³/mol. The fourth-order valence-electron chi connectivity index (χ4n) is 3.22. The Morgan fingerprint density at radius 1 is 1.12 bits per heavy atom. The minimum atomic E-state index is -0.429. The highest BCUT2D eigenvalue weighted by Crippen LogP contribution is 2.48. The average Bonchev–Trinajstić information content (AvgIpc) is 2.78. The van der Waals surface area contributed by atoms with E-state index in [1.807, 2.05) is 13.8 Å². The van der Waals surface area contributed by atoms with Gasteiger partial charge in [0.1, 0.15) is 0 Å². The van der Waals surface area contributed by atoms with E-state index in [-0.39, 0.29) is 12.2 Å². The van der Waals surface area contributed by atoms with E-state index < -0.39 is 5.79 Å². The van der Waals surface area contributed by atoms with Gasteiger partial charge in [0.05, 0.1) is 12.2 Å². The molecule has 1 aliphatic heterocycles. The normalized spacial score (nSPS) is 40.5. The molecule has 1 heterocycles. The Hall–Kier alpha value is -0.730. The molecule has 88 valence electrons. The number of hydrogen-bond acceptors (Lipinski definition) is 2. The van der Waals surface area contributed by atoms with Gasteiger partial charge in [-0.2, -0.15) is 23.3 Å². The Kier molecular flexibility index (Phi) is 2.05. The van der Waals surface area contributed by atoms with Crippen molar-refractivity contribution in [3.8, 4) is 0 Å². The minimum absolute atomic E-state index is 0.208. The Morgan fingerprint density at radius 2 is 1.75 bits per heavy atom. The maximum absolute atomic E-state index is 6.04. The van der Waals surface area contributed by atoms with Gasteiger partial charge < -0.3 is 9.47 Å². The first-order valence-electron chi connectivity index (χ1n) is 6.11. The van der Waals surface area contributed by atoms with E-state index in [2.05, 4.69) is 32.0 Å². The molecule has 3 rings (SSSR count). The van der Waals surface area contributed by atoms with Crippen LogP contribution in [0.3, 0.4) is 0 Å². The maximum Gasteiger partial charge on any atom is 0.163 e. The summed E-state index contributed by atoms with van der Waals surface area (Å²) in [6, 6.07) is 6.59. The summed E-state index contributed by atoms with van der Waals surface area (Å²) in [5, 5.41) is 0. The van der Waals surface area contributed by atoms with Gasteiger partial charge >= 0.3 is 0 Å². The smallest absolute Gasteiger partial charge is 0.163 e. The molecule has 2 unspecified atom stereocenters. The lowest BCUT2D eigenvalue weighted by atomic mass is 9.77. The van der Waals surface area contributed by atoms with Crippen LogP contribution in [0, 0.1) is 0 Å². The minimum Gasteiger partial charge on any atom is -0.345 e. The van der Waals surface area contributed by atoms with E-state index in [1.165, 1.54) is 11.1 Å². The third-order valence-electron chi connectivity index (χ3n) is 4.02. The molecular formula is C14H19O2-. The van der Waals surface area contributed by atoms with Crippen molar-refractivity contribution in [2.24, 2.45) is 0 Å². The first-order chi connectivity index (χ1) is 7.49. The lowest BCUT2D eigenvalue weighted by Crippen LogP contribution is -2.36. The molecule has 16 heavy (non-hydrogen) atoms. The Bertz CT molecular complexity index is 370. The van der Waals surface area contributed by atoms with E-state index in [0.717, 1.165) is 0 Å². The largest absolute Gasteiger partial charge is 0.345 e. The van der Waals surface area contributed by atoms with Gasteiger partial charge in [0.25, 0.3) is 0 Å². The lowest BCUT2D eigenvalue weighted by Gasteiger charge is -2.39. The van der Waals surface area contributed by atoms with Gasteiger partial charge in [0.2, 0.25) is 0 Å². The van der Waals surface area contributed by atoms with Gasteiger partial charge in [-0.25, -0.2) is 6.07 Å². The number of hydrogen-bond donors (Lipinski definition) is 0. The van der Waals surface area contributed by atoms with Crippen molar-refractivity contribution in [2.75, 3.05) is 0 Å². The molecule has 1 aromatic rings. The maximum atomic E-state index is 6.04. The fraction of sp³-hybridized carbons (Fsp3) is 0.643. The summed E-state index contributed by atoms with van der Waals surface area (Å²) in [6.45, 7) is 8.51. The van der Waals surface area contributed by atoms with Crippen molar-refractivity contribution in [3.05, 3.63) is 29.3 Å². The summed E-state index contributed by atoms with van der Waals surface area (Å²) in [7, 11) is 0. The summed E-state index contributed by atoms with van der Waals surface area (Å²) in [4.78, 5) is 0. The number of fused-ring (bicyclic) bond motifs is 2. The number of ether oxygens (including phenoxy) is 2. The molecule has 0 N–H and O–H groups in total. The summed E-state index contributed by atoms with van der Waals surface area (Å²) in [5.41, 5.74) is 2.88. The fourth-order valence-corrected chi connectivity index (χ4v) is 3.22. The molecule has 0 saturated carbocycles. The molecule has 0 amide bonds. The van der Waals surface area contributed by atoms with Crippen molar-refractivity contribution in [1.82, 2.24) is 0 Å². The van der Waals surface area contributed by atoms with Crippen LogP contribution in [0.4, 0.5) is 0 Å². The van der Waals surface area contributed by atoms with Gasteiger partial charge in [0, 0.05) is 0 Å². The van der Waals surface area contributed by atoms with E-state index in [1.54, 1.807) is 0 Å². The van der Waals surface area contributed by atoms with Gasteiger partial charge in [-0.1, -0.05) is 13.8 Å². The molecule has 1 aromatic carbocycles. The Morgan fingerprint density at radius 3 is 2.44 bits per heavy atom. The highest BCUT2D eigenvalue weighted by atomic mass is 16.8. The van der Waals surface area contributed by atoms with Gasteiger partial charge in [-0.05, 0) is 25.7 Å². The highest BCUT2D eigenvalue weighted by molar-refractivity contribution is 5.40. The molecule has 0 aromatic heterocycles. The van der Waals surface area contributed by atoms with Crippen LogP contribution >= 0.6 is 0 Å². The zero-order valence-electron chi connectivity index (χ0n) is 10.4. The van der Waals surface area contributed by atoms with Crippen molar-refractivity contribution in [3.63, 3.8) is 0 Å². The highest BCUT2D eigenvalue weighted by Gasteiger charge is 2.47. The molecule has 2 nitrogen and oxygen atoms in total. The molecule has 2 heteroatoms. The second kappa shape index (κ2) is 3.14. The lowest BCUT2D eigenvalue weighted by molar-refractivity contribution is -0.148. The first kappa shape index (κ1) is 10.4. The van der Waals surface area contributed by atoms with Crippen LogP contribution in [0.2, 0.25) is 0 Å². The Labute approximate surface area is 96.9 Å². The topological polar surface area (TPSA) is 18.5 Å². The molecule has 0 spiro atoms. The average molecular weight is 219 g/mol. The third kappa shape index (κ3) is 1.30. The Balaban J connectivity index is 2.03. The van der Waals surface area contributed by atoms with Crippen molar-refractivity contribution in [1.29, 1.82) is 0 Å². The molecule has 4 atom stereocenters. The van der Waals surface area contributed by atoms with Crippen molar-refractivity contribution >= 4 is 0 Å². The zero-order valence-corrected chi connectivity index (χ0v) is 10.4. The third-order valence-corrected chi connectivity index (χ3v) is 4.02. The second-order valence-corrected chi connectivity index (χ2v) is 5.58. The van der Waals surface area contributed by atoms with Crippen LogP contribution in [-0.2, 0) is 9.47 Å². The van der Waals surface area contributed by atoms with Crippen LogP contribution in [0.25, 0.3) is 0 Å². The van der Waals surface area contributed by atoms with Crippen molar-refractivity contribution in [2.45, 2.75) is 57.5 Å². The number of rotatable bonds is 0. The van der Waals surface area contributed by atoms with E-state index in [4.69, 9.17) is 9.47 Å². The summed E-state index contributed by atoms with van der Waals surface area (Å²) in [6.07, 6.45) is 0.416. The monoisotopic (exact) mass is 219 g/mol. The van der Waals surface area contributed by atoms with Crippen LogP contribution in [0.5, 0.6) is 0 Å². The quantitative estimate of drug-likeness (QED) is 0.624. The van der Waals surface area contributed by atoms with E-state index in [9.17, 15) is 0 Å². The molecular weight excluding hydrogens is 200 g/mol. The van der Waals surface area contributed by atoms with E-state index in [0.29, 0.717) is 11.8 Å². The van der Waals surface area contributed by atoms with Gasteiger partial charge in [-0.15, -0.1) is 0 Å². The van der Waals surface area contributed by atoms with Crippen LogP contribution < -0.4 is 0 Å².